The largest absolute Gasteiger partial charge is 0.331 e. The summed E-state index contributed by atoms with van der Waals surface area (Å²) in [5, 5.41) is 0. The monoisotopic (exact) mass is 316 g/mol. The van der Waals surface area contributed by atoms with Crippen molar-refractivity contribution in [2.24, 2.45) is 0 Å². The van der Waals surface area contributed by atoms with Gasteiger partial charge in [-0.3, -0.25) is 0 Å². The Labute approximate surface area is 139 Å². The molecule has 0 bridgehead atoms. The standard InChI is InChI=1S/C19H42NS/c1-5-6-7-8-12-15-18-21-19-16-13-10-9-11-14-17-20(2,3)4/h5-19H2,1-4H3/q+1. The van der Waals surface area contributed by atoms with Crippen molar-refractivity contribution in [3.63, 3.8) is 0 Å². The molecule has 0 unspecified atom stereocenters. The maximum atomic E-state index is 2.29. The van der Waals surface area contributed by atoms with Crippen LogP contribution in [-0.2, 0) is 0 Å². The van der Waals surface area contributed by atoms with Crippen LogP contribution in [0, 0.1) is 0 Å². The third-order valence-electron chi connectivity index (χ3n) is 4.01. The van der Waals surface area contributed by atoms with Gasteiger partial charge in [-0.1, -0.05) is 58.3 Å². The lowest BCUT2D eigenvalue weighted by atomic mass is 10.1. The molecule has 0 aromatic rings. The summed E-state index contributed by atoms with van der Waals surface area (Å²) in [6.07, 6.45) is 17.2. The molecular formula is C19H42NS+. The van der Waals surface area contributed by atoms with Crippen LogP contribution in [0.2, 0.25) is 0 Å². The molecule has 0 N–H and O–H groups in total. The first kappa shape index (κ1) is 21.3. The summed E-state index contributed by atoms with van der Waals surface area (Å²) < 4.78 is 1.12. The minimum atomic E-state index is 1.12. The molecule has 0 saturated carbocycles. The van der Waals surface area contributed by atoms with E-state index in [0.717, 1.165) is 4.48 Å². The summed E-state index contributed by atoms with van der Waals surface area (Å²) in [5.41, 5.74) is 0. The van der Waals surface area contributed by atoms with Crippen LogP contribution in [0.1, 0.15) is 84.0 Å². The van der Waals surface area contributed by atoms with E-state index < -0.39 is 0 Å². The van der Waals surface area contributed by atoms with Gasteiger partial charge in [0.25, 0.3) is 0 Å². The maximum Gasteiger partial charge on any atom is 0.0780 e. The zero-order valence-corrected chi connectivity index (χ0v) is 16.3. The molecule has 0 aliphatic heterocycles. The maximum absolute atomic E-state index is 2.29. The number of rotatable bonds is 16. The third-order valence-corrected chi connectivity index (χ3v) is 5.16. The van der Waals surface area contributed by atoms with Gasteiger partial charge in [0, 0.05) is 0 Å². The normalized spacial score (nSPS) is 12.0. The molecule has 0 atom stereocenters. The van der Waals surface area contributed by atoms with Crippen LogP contribution in [0.5, 0.6) is 0 Å². The van der Waals surface area contributed by atoms with Crippen LogP contribution in [0.25, 0.3) is 0 Å². The van der Waals surface area contributed by atoms with E-state index in [9.17, 15) is 0 Å². The molecule has 0 amide bonds. The lowest BCUT2D eigenvalue weighted by molar-refractivity contribution is -0.870. The fourth-order valence-corrected chi connectivity index (χ4v) is 3.60. The van der Waals surface area contributed by atoms with Gasteiger partial charge in [-0.05, 0) is 37.2 Å². The number of quaternary nitrogens is 1. The molecule has 2 heteroatoms. The lowest BCUT2D eigenvalue weighted by Crippen LogP contribution is -2.35. The molecule has 0 spiro atoms. The van der Waals surface area contributed by atoms with E-state index in [2.05, 4.69) is 39.8 Å². The second kappa shape index (κ2) is 15.2. The van der Waals surface area contributed by atoms with Gasteiger partial charge in [-0.15, -0.1) is 0 Å². The first-order chi connectivity index (χ1) is 10.1. The Bertz CT molecular complexity index is 198. The molecule has 0 aliphatic carbocycles. The van der Waals surface area contributed by atoms with E-state index in [0.29, 0.717) is 0 Å². The summed E-state index contributed by atoms with van der Waals surface area (Å²) in [6.45, 7) is 3.62. The van der Waals surface area contributed by atoms with Gasteiger partial charge in [0.1, 0.15) is 0 Å². The average Bonchev–Trinajstić information content (AvgIpc) is 2.42. The molecule has 0 heterocycles. The van der Waals surface area contributed by atoms with Crippen molar-refractivity contribution >= 4 is 11.8 Å². The first-order valence-corrected chi connectivity index (χ1v) is 10.6. The summed E-state index contributed by atoms with van der Waals surface area (Å²) in [5.74, 6) is 2.80. The van der Waals surface area contributed by atoms with Crippen molar-refractivity contribution in [1.82, 2.24) is 0 Å². The van der Waals surface area contributed by atoms with Crippen molar-refractivity contribution in [3.05, 3.63) is 0 Å². The number of hydrogen-bond acceptors (Lipinski definition) is 1. The molecule has 0 fully saturated rings. The highest BCUT2D eigenvalue weighted by Gasteiger charge is 2.04. The van der Waals surface area contributed by atoms with E-state index in [1.807, 2.05) is 0 Å². The Morgan fingerprint density at radius 3 is 1.48 bits per heavy atom. The highest BCUT2D eigenvalue weighted by Crippen LogP contribution is 2.13. The van der Waals surface area contributed by atoms with Crippen molar-refractivity contribution in [2.75, 3.05) is 39.2 Å². The van der Waals surface area contributed by atoms with Gasteiger partial charge in [0.15, 0.2) is 0 Å². The van der Waals surface area contributed by atoms with Gasteiger partial charge in [0.2, 0.25) is 0 Å². The third kappa shape index (κ3) is 20.3. The molecule has 0 aromatic heterocycles. The quantitative estimate of drug-likeness (QED) is 0.244. The number of hydrogen-bond donors (Lipinski definition) is 0. The summed E-state index contributed by atoms with van der Waals surface area (Å²) in [7, 11) is 6.88. The highest BCUT2D eigenvalue weighted by atomic mass is 32.2. The Kier molecular flexibility index (Phi) is 15.4. The summed E-state index contributed by atoms with van der Waals surface area (Å²) in [4.78, 5) is 0. The Balaban J connectivity index is 3.00. The summed E-state index contributed by atoms with van der Waals surface area (Å²) in [6, 6.07) is 0. The Morgan fingerprint density at radius 1 is 0.571 bits per heavy atom. The molecular weight excluding hydrogens is 274 g/mol. The van der Waals surface area contributed by atoms with Gasteiger partial charge in [-0.2, -0.15) is 11.8 Å². The van der Waals surface area contributed by atoms with Crippen molar-refractivity contribution in [1.29, 1.82) is 0 Å². The molecule has 0 rings (SSSR count). The van der Waals surface area contributed by atoms with Crippen molar-refractivity contribution < 1.29 is 4.48 Å². The van der Waals surface area contributed by atoms with E-state index >= 15 is 0 Å². The van der Waals surface area contributed by atoms with Gasteiger partial charge in [0.05, 0.1) is 27.7 Å². The second-order valence-corrected chi connectivity index (χ2v) is 8.74. The zero-order chi connectivity index (χ0) is 15.8. The molecule has 0 aromatic carbocycles. The molecule has 0 aliphatic rings. The predicted octanol–water partition coefficient (Wildman–Crippen LogP) is 6.13. The van der Waals surface area contributed by atoms with Gasteiger partial charge in [-0.25, -0.2) is 0 Å². The van der Waals surface area contributed by atoms with E-state index in [1.54, 1.807) is 0 Å². The molecule has 0 saturated heterocycles. The van der Waals surface area contributed by atoms with Crippen molar-refractivity contribution in [3.8, 4) is 0 Å². The molecule has 1 nitrogen and oxygen atoms in total. The summed E-state index contributed by atoms with van der Waals surface area (Å²) >= 11 is 2.19. The van der Waals surface area contributed by atoms with E-state index in [-0.39, 0.29) is 0 Å². The fraction of sp³-hybridized carbons (Fsp3) is 1.00. The van der Waals surface area contributed by atoms with Crippen LogP contribution < -0.4 is 0 Å². The SMILES string of the molecule is CCCCCCCCSCCCCCCCC[N+](C)(C)C. The van der Waals surface area contributed by atoms with Crippen molar-refractivity contribution in [2.45, 2.75) is 84.0 Å². The molecule has 21 heavy (non-hydrogen) atoms. The van der Waals surface area contributed by atoms with Crippen LogP contribution >= 0.6 is 11.8 Å². The number of thioether (sulfide) groups is 1. The van der Waals surface area contributed by atoms with Gasteiger partial charge < -0.3 is 4.48 Å². The topological polar surface area (TPSA) is 0 Å². The fourth-order valence-electron chi connectivity index (χ4n) is 2.58. The Hall–Kier alpha value is 0.310. The average molecular weight is 317 g/mol. The van der Waals surface area contributed by atoms with Crippen LogP contribution in [-0.4, -0.2) is 43.7 Å². The lowest BCUT2D eigenvalue weighted by Gasteiger charge is -2.23. The zero-order valence-electron chi connectivity index (χ0n) is 15.5. The highest BCUT2D eigenvalue weighted by molar-refractivity contribution is 7.99. The van der Waals surface area contributed by atoms with E-state index in [4.69, 9.17) is 0 Å². The molecule has 128 valence electrons. The van der Waals surface area contributed by atoms with Crippen LogP contribution in [0.15, 0.2) is 0 Å². The van der Waals surface area contributed by atoms with Gasteiger partial charge >= 0.3 is 0 Å². The number of unbranched alkanes of at least 4 members (excludes halogenated alkanes) is 10. The minimum Gasteiger partial charge on any atom is -0.331 e. The van der Waals surface area contributed by atoms with Crippen LogP contribution in [0.4, 0.5) is 0 Å². The smallest absolute Gasteiger partial charge is 0.0780 e. The minimum absolute atomic E-state index is 1.12. The van der Waals surface area contributed by atoms with Crippen LogP contribution in [0.3, 0.4) is 0 Å². The predicted molar refractivity (Wildman–Crippen MR) is 101 cm³/mol. The number of nitrogens with zero attached hydrogens (tertiary/aromatic N) is 1. The second-order valence-electron chi connectivity index (χ2n) is 7.52. The molecule has 0 radical (unpaired) electrons. The van der Waals surface area contributed by atoms with E-state index in [1.165, 1.54) is 95.1 Å². The Morgan fingerprint density at radius 2 is 1.00 bits per heavy atom. The first-order valence-electron chi connectivity index (χ1n) is 9.44.